The molecule has 1 aromatic carbocycles. The Morgan fingerprint density at radius 2 is 1.82 bits per heavy atom. The zero-order valence-corrected chi connectivity index (χ0v) is 23.1. The Labute approximate surface area is 248 Å². The predicted octanol–water partition coefficient (Wildman–Crippen LogP) is 4.39. The van der Waals surface area contributed by atoms with Crippen molar-refractivity contribution in [1.82, 2.24) is 44.0 Å². The summed E-state index contributed by atoms with van der Waals surface area (Å²) in [6.45, 7) is 1.09. The molecule has 220 valence electrons. The third-order valence-electron chi connectivity index (χ3n) is 7.58. The second kappa shape index (κ2) is 11.1. The number of piperidine rings is 1. The summed E-state index contributed by atoms with van der Waals surface area (Å²) in [5.41, 5.74) is 3.68. The fraction of sp³-hybridized carbons (Fsp3) is 0.167. The summed E-state index contributed by atoms with van der Waals surface area (Å²) in [4.78, 5) is 46.7. The lowest BCUT2D eigenvalue weighted by atomic mass is 10.0. The van der Waals surface area contributed by atoms with E-state index in [9.17, 15) is 18.4 Å². The number of rotatable bonds is 6. The maximum atomic E-state index is 13.8. The summed E-state index contributed by atoms with van der Waals surface area (Å²) in [6, 6.07) is 12.1. The molecule has 7 rings (SSSR count). The van der Waals surface area contributed by atoms with Crippen LogP contribution in [0.3, 0.4) is 0 Å². The van der Waals surface area contributed by atoms with Crippen molar-refractivity contribution in [2.45, 2.75) is 18.9 Å². The van der Waals surface area contributed by atoms with Crippen molar-refractivity contribution in [3.05, 3.63) is 103 Å². The van der Waals surface area contributed by atoms with Crippen LogP contribution < -0.4 is 5.32 Å². The van der Waals surface area contributed by atoms with Crippen LogP contribution in [0.15, 0.2) is 79.8 Å². The Morgan fingerprint density at radius 1 is 1.00 bits per heavy atom. The standard InChI is InChI=1S/C30H24F2N10O2/c31-20-3-1-18(2-4-20)27-28(41(17-36-27)21-8-11-40(12-9-21)30(44)23-14-33-16-35-23)22-5-6-26-37-25(15-42(26)39-22)38-29(43)19-7-10-34-24(32)13-19/h1-7,10,13-17,21H,8-9,11-12H2,(H,33,35)(H,38,43). The second-order valence-corrected chi connectivity index (χ2v) is 10.3. The van der Waals surface area contributed by atoms with Crippen molar-refractivity contribution in [2.75, 3.05) is 18.4 Å². The third kappa shape index (κ3) is 5.17. The molecule has 12 nitrogen and oxygen atoms in total. The molecule has 0 bridgehead atoms. The van der Waals surface area contributed by atoms with Crippen molar-refractivity contribution in [1.29, 1.82) is 0 Å². The van der Waals surface area contributed by atoms with E-state index in [1.165, 1.54) is 41.4 Å². The Kier molecular flexibility index (Phi) is 6.85. The first-order valence-electron chi connectivity index (χ1n) is 13.8. The van der Waals surface area contributed by atoms with Crippen LogP contribution in [0.2, 0.25) is 0 Å². The number of nitrogens with zero attached hydrogens (tertiary/aromatic N) is 8. The number of hydrogen-bond donors (Lipinski definition) is 2. The van der Waals surface area contributed by atoms with Gasteiger partial charge in [0.15, 0.2) is 11.5 Å². The van der Waals surface area contributed by atoms with Crippen LogP contribution in [-0.2, 0) is 0 Å². The van der Waals surface area contributed by atoms with Crippen molar-refractivity contribution in [3.8, 4) is 22.6 Å². The lowest BCUT2D eigenvalue weighted by molar-refractivity contribution is 0.0689. The molecule has 6 aromatic rings. The van der Waals surface area contributed by atoms with Gasteiger partial charge >= 0.3 is 0 Å². The van der Waals surface area contributed by atoms with Crippen LogP contribution in [-0.4, -0.2) is 68.9 Å². The van der Waals surface area contributed by atoms with E-state index in [-0.39, 0.29) is 29.1 Å². The van der Waals surface area contributed by atoms with Gasteiger partial charge in [0.25, 0.3) is 11.8 Å². The fourth-order valence-electron chi connectivity index (χ4n) is 5.40. The molecule has 0 saturated carbocycles. The number of imidazole rings is 3. The minimum atomic E-state index is -0.761. The van der Waals surface area contributed by atoms with Crippen molar-refractivity contribution in [2.24, 2.45) is 0 Å². The van der Waals surface area contributed by atoms with Crippen LogP contribution in [0.25, 0.3) is 28.3 Å². The molecular formula is C30H24F2N10O2. The molecule has 2 amide bonds. The average Bonchev–Trinajstić information content (AvgIpc) is 3.81. The Morgan fingerprint density at radius 3 is 2.57 bits per heavy atom. The first kappa shape index (κ1) is 27.1. The third-order valence-corrected chi connectivity index (χ3v) is 7.58. The Hall–Kier alpha value is -5.79. The van der Waals surface area contributed by atoms with E-state index in [1.54, 1.807) is 35.6 Å². The van der Waals surface area contributed by atoms with Gasteiger partial charge in [0.2, 0.25) is 5.95 Å². The molecule has 14 heteroatoms. The Balaban J connectivity index is 1.20. The van der Waals surface area contributed by atoms with Crippen LogP contribution in [0, 0.1) is 11.8 Å². The normalized spacial score (nSPS) is 13.8. The number of hydrogen-bond acceptors (Lipinski definition) is 7. The number of amides is 2. The highest BCUT2D eigenvalue weighted by atomic mass is 19.1. The Bertz CT molecular complexity index is 1980. The molecule has 0 aliphatic carbocycles. The summed E-state index contributed by atoms with van der Waals surface area (Å²) >= 11 is 0. The molecule has 1 fully saturated rings. The molecule has 0 atom stereocenters. The number of nitrogens with one attached hydrogen (secondary N) is 2. The second-order valence-electron chi connectivity index (χ2n) is 10.3. The molecule has 1 aliphatic rings. The van der Waals surface area contributed by atoms with Gasteiger partial charge in [-0.1, -0.05) is 0 Å². The minimum absolute atomic E-state index is 0.0217. The van der Waals surface area contributed by atoms with Crippen LogP contribution in [0.5, 0.6) is 0 Å². The fourth-order valence-corrected chi connectivity index (χ4v) is 5.40. The van der Waals surface area contributed by atoms with Gasteiger partial charge in [0, 0.05) is 42.5 Å². The van der Waals surface area contributed by atoms with Crippen LogP contribution in [0.1, 0.15) is 39.7 Å². The van der Waals surface area contributed by atoms with E-state index in [0.717, 1.165) is 17.3 Å². The van der Waals surface area contributed by atoms with E-state index in [1.807, 2.05) is 6.07 Å². The zero-order valence-electron chi connectivity index (χ0n) is 23.1. The molecule has 5 aromatic heterocycles. The van der Waals surface area contributed by atoms with Gasteiger partial charge in [-0.3, -0.25) is 9.59 Å². The SMILES string of the molecule is O=C(Nc1cn2nc(-c3c(-c4ccc(F)cc4)ncn3C3CCN(C(=O)c4cnc[nH]4)CC3)ccc2n1)c1ccnc(F)c1. The number of fused-ring (bicyclic) bond motifs is 1. The summed E-state index contributed by atoms with van der Waals surface area (Å²) in [7, 11) is 0. The molecule has 1 aliphatic heterocycles. The number of likely N-dealkylation sites (tertiary alicyclic amines) is 1. The number of carbonyl (C=O) groups excluding carboxylic acids is 2. The van der Waals surface area contributed by atoms with Crippen molar-refractivity contribution >= 4 is 23.3 Å². The maximum Gasteiger partial charge on any atom is 0.271 e. The van der Waals surface area contributed by atoms with Gasteiger partial charge in [-0.2, -0.15) is 9.49 Å². The highest BCUT2D eigenvalue weighted by molar-refractivity contribution is 6.03. The lowest BCUT2D eigenvalue weighted by Crippen LogP contribution is -2.39. The molecule has 1 saturated heterocycles. The van der Waals surface area contributed by atoms with Crippen molar-refractivity contribution < 1.29 is 18.4 Å². The van der Waals surface area contributed by atoms with Gasteiger partial charge < -0.3 is 19.8 Å². The first-order valence-corrected chi connectivity index (χ1v) is 13.8. The molecule has 0 spiro atoms. The lowest BCUT2D eigenvalue weighted by Gasteiger charge is -2.33. The van der Waals surface area contributed by atoms with Gasteiger partial charge in [-0.05, 0) is 55.3 Å². The number of benzene rings is 1. The highest BCUT2D eigenvalue weighted by Gasteiger charge is 2.28. The van der Waals surface area contributed by atoms with Gasteiger partial charge in [-0.15, -0.1) is 0 Å². The van der Waals surface area contributed by atoms with Gasteiger partial charge in [-0.25, -0.2) is 28.8 Å². The summed E-state index contributed by atoms with van der Waals surface area (Å²) in [5, 5.41) is 7.45. The van der Waals surface area contributed by atoms with Crippen LogP contribution >= 0.6 is 0 Å². The molecule has 0 unspecified atom stereocenters. The van der Waals surface area contributed by atoms with E-state index in [2.05, 4.69) is 29.8 Å². The number of pyridine rings is 1. The summed E-state index contributed by atoms with van der Waals surface area (Å²) in [6.07, 6.45) is 8.90. The maximum absolute atomic E-state index is 13.8. The van der Waals surface area contributed by atoms with Gasteiger partial charge in [0.05, 0.1) is 36.4 Å². The number of aromatic amines is 1. The smallest absolute Gasteiger partial charge is 0.271 e. The monoisotopic (exact) mass is 594 g/mol. The number of carbonyl (C=O) groups is 2. The molecule has 2 N–H and O–H groups in total. The predicted molar refractivity (Wildman–Crippen MR) is 155 cm³/mol. The van der Waals surface area contributed by atoms with E-state index in [4.69, 9.17) is 10.1 Å². The van der Waals surface area contributed by atoms with E-state index < -0.39 is 11.9 Å². The van der Waals surface area contributed by atoms with E-state index >= 15 is 0 Å². The minimum Gasteiger partial charge on any atom is -0.341 e. The number of halogens is 2. The topological polar surface area (TPSA) is 139 Å². The number of anilines is 1. The molecule has 6 heterocycles. The first-order chi connectivity index (χ1) is 21.4. The number of H-pyrrole nitrogens is 1. The van der Waals surface area contributed by atoms with Gasteiger partial charge in [0.1, 0.15) is 17.2 Å². The molecule has 0 radical (unpaired) electrons. The van der Waals surface area contributed by atoms with E-state index in [0.29, 0.717) is 48.7 Å². The van der Waals surface area contributed by atoms with Crippen molar-refractivity contribution in [3.63, 3.8) is 0 Å². The number of aromatic nitrogens is 8. The molecule has 44 heavy (non-hydrogen) atoms. The largest absolute Gasteiger partial charge is 0.341 e. The zero-order chi connectivity index (χ0) is 30.2. The quantitative estimate of drug-likeness (QED) is 0.273. The summed E-state index contributed by atoms with van der Waals surface area (Å²) < 4.78 is 30.9. The molecular weight excluding hydrogens is 570 g/mol. The highest BCUT2D eigenvalue weighted by Crippen LogP contribution is 2.35. The average molecular weight is 595 g/mol. The van der Waals surface area contributed by atoms with Crippen LogP contribution in [0.4, 0.5) is 14.6 Å². The summed E-state index contributed by atoms with van der Waals surface area (Å²) in [5.74, 6) is -1.51.